The largest absolute Gasteiger partial charge is 0.235 e. The molecule has 0 N–H and O–H groups in total. The molecule has 0 amide bonds. The molecule has 0 radical (unpaired) electrons. The van der Waals surface area contributed by atoms with Crippen molar-refractivity contribution >= 4 is 6.08 Å². The van der Waals surface area contributed by atoms with Crippen LogP contribution in [0.3, 0.4) is 0 Å². The fourth-order valence-electron chi connectivity index (χ4n) is 0.789. The average Bonchev–Trinajstić information content (AvgIpc) is 1.84. The monoisotopic (exact) mass is 141 g/mol. The van der Waals surface area contributed by atoms with Crippen molar-refractivity contribution in [3.05, 3.63) is 0 Å². The van der Waals surface area contributed by atoms with Crippen molar-refractivity contribution in [2.45, 2.75) is 45.6 Å². The SMILES string of the molecule is CCCCC(C)(C)N=C=O. The summed E-state index contributed by atoms with van der Waals surface area (Å²) in [5.41, 5.74) is -0.197. The van der Waals surface area contributed by atoms with Crippen molar-refractivity contribution in [3.63, 3.8) is 0 Å². The Hall–Kier alpha value is -0.620. The van der Waals surface area contributed by atoms with Gasteiger partial charge in [0.15, 0.2) is 0 Å². The highest BCUT2D eigenvalue weighted by Gasteiger charge is 2.14. The van der Waals surface area contributed by atoms with E-state index >= 15 is 0 Å². The number of aliphatic imine (C=N–C) groups is 1. The van der Waals surface area contributed by atoms with Gasteiger partial charge in [0.25, 0.3) is 0 Å². The molecule has 0 aromatic heterocycles. The Kier molecular flexibility index (Phi) is 3.97. The molecular formula is C8H15NO. The number of nitrogens with zero attached hydrogens (tertiary/aromatic N) is 1. The summed E-state index contributed by atoms with van der Waals surface area (Å²) in [6.07, 6.45) is 4.84. The van der Waals surface area contributed by atoms with Crippen LogP contribution in [-0.4, -0.2) is 11.6 Å². The average molecular weight is 141 g/mol. The zero-order valence-electron chi connectivity index (χ0n) is 6.98. The Morgan fingerprint density at radius 3 is 2.50 bits per heavy atom. The molecular weight excluding hydrogens is 126 g/mol. The molecule has 0 aliphatic carbocycles. The van der Waals surface area contributed by atoms with E-state index in [2.05, 4.69) is 11.9 Å². The summed E-state index contributed by atoms with van der Waals surface area (Å²) in [7, 11) is 0. The molecule has 10 heavy (non-hydrogen) atoms. The van der Waals surface area contributed by atoms with Crippen LogP contribution in [0.2, 0.25) is 0 Å². The predicted octanol–water partition coefficient (Wildman–Crippen LogP) is 2.29. The van der Waals surface area contributed by atoms with Crippen molar-refractivity contribution in [2.75, 3.05) is 0 Å². The fourth-order valence-corrected chi connectivity index (χ4v) is 0.789. The van der Waals surface area contributed by atoms with Crippen LogP contribution in [0.5, 0.6) is 0 Å². The Bertz CT molecular complexity index is 134. The van der Waals surface area contributed by atoms with Crippen LogP contribution in [0.15, 0.2) is 4.99 Å². The highest BCUT2D eigenvalue weighted by Crippen LogP contribution is 2.16. The second-order valence-corrected chi connectivity index (χ2v) is 3.12. The van der Waals surface area contributed by atoms with Crippen LogP contribution >= 0.6 is 0 Å². The summed E-state index contributed by atoms with van der Waals surface area (Å²) in [5.74, 6) is 0. The minimum Gasteiger partial charge on any atom is -0.211 e. The van der Waals surface area contributed by atoms with Gasteiger partial charge in [0.2, 0.25) is 6.08 Å². The first kappa shape index (κ1) is 9.38. The minimum absolute atomic E-state index is 0.197. The van der Waals surface area contributed by atoms with Gasteiger partial charge in [0, 0.05) is 0 Å². The molecule has 0 aromatic carbocycles. The highest BCUT2D eigenvalue weighted by atomic mass is 16.1. The van der Waals surface area contributed by atoms with Gasteiger partial charge < -0.3 is 0 Å². The molecule has 0 bridgehead atoms. The van der Waals surface area contributed by atoms with E-state index in [1.54, 1.807) is 6.08 Å². The predicted molar refractivity (Wildman–Crippen MR) is 41.7 cm³/mol. The Morgan fingerprint density at radius 2 is 2.10 bits per heavy atom. The van der Waals surface area contributed by atoms with Gasteiger partial charge in [0.1, 0.15) is 0 Å². The first-order valence-corrected chi connectivity index (χ1v) is 3.71. The Morgan fingerprint density at radius 1 is 1.50 bits per heavy atom. The summed E-state index contributed by atoms with van der Waals surface area (Å²) in [6, 6.07) is 0. The van der Waals surface area contributed by atoms with E-state index < -0.39 is 0 Å². The second kappa shape index (κ2) is 4.24. The zero-order valence-corrected chi connectivity index (χ0v) is 6.98. The maximum absolute atomic E-state index is 9.89. The van der Waals surface area contributed by atoms with Crippen molar-refractivity contribution in [1.29, 1.82) is 0 Å². The minimum atomic E-state index is -0.197. The molecule has 2 nitrogen and oxygen atoms in total. The Labute approximate surface area is 62.4 Å². The van der Waals surface area contributed by atoms with E-state index in [9.17, 15) is 4.79 Å². The molecule has 0 aliphatic heterocycles. The summed E-state index contributed by atoms with van der Waals surface area (Å²) in [4.78, 5) is 13.6. The number of hydrogen-bond acceptors (Lipinski definition) is 2. The van der Waals surface area contributed by atoms with Crippen LogP contribution in [0.1, 0.15) is 40.0 Å². The lowest BCUT2D eigenvalue weighted by Gasteiger charge is -2.15. The van der Waals surface area contributed by atoms with E-state index in [-0.39, 0.29) is 5.54 Å². The molecule has 2 heteroatoms. The van der Waals surface area contributed by atoms with Crippen molar-refractivity contribution in [2.24, 2.45) is 4.99 Å². The van der Waals surface area contributed by atoms with Gasteiger partial charge in [-0.25, -0.2) is 4.79 Å². The quantitative estimate of drug-likeness (QED) is 0.436. The summed E-state index contributed by atoms with van der Waals surface area (Å²) < 4.78 is 0. The van der Waals surface area contributed by atoms with E-state index in [0.717, 1.165) is 19.3 Å². The van der Waals surface area contributed by atoms with E-state index in [4.69, 9.17) is 0 Å². The molecule has 58 valence electrons. The summed E-state index contributed by atoms with van der Waals surface area (Å²) in [6.45, 7) is 6.03. The lowest BCUT2D eigenvalue weighted by Crippen LogP contribution is -2.15. The maximum Gasteiger partial charge on any atom is 0.235 e. The zero-order chi connectivity index (χ0) is 8.04. The summed E-state index contributed by atoms with van der Waals surface area (Å²) in [5, 5.41) is 0. The molecule has 0 unspecified atom stereocenters. The van der Waals surface area contributed by atoms with Crippen LogP contribution in [0, 0.1) is 0 Å². The first-order chi connectivity index (χ1) is 4.62. The van der Waals surface area contributed by atoms with Crippen LogP contribution < -0.4 is 0 Å². The topological polar surface area (TPSA) is 29.4 Å². The van der Waals surface area contributed by atoms with E-state index in [1.165, 1.54) is 0 Å². The lowest BCUT2D eigenvalue weighted by molar-refractivity contribution is 0.452. The van der Waals surface area contributed by atoms with Gasteiger partial charge in [-0.1, -0.05) is 19.8 Å². The van der Waals surface area contributed by atoms with Crippen LogP contribution in [-0.2, 0) is 4.79 Å². The third-order valence-corrected chi connectivity index (χ3v) is 1.49. The lowest BCUT2D eigenvalue weighted by atomic mass is 9.99. The first-order valence-electron chi connectivity index (χ1n) is 3.71. The van der Waals surface area contributed by atoms with Gasteiger partial charge >= 0.3 is 0 Å². The van der Waals surface area contributed by atoms with Gasteiger partial charge in [-0.2, -0.15) is 4.99 Å². The van der Waals surface area contributed by atoms with E-state index in [1.807, 2.05) is 13.8 Å². The number of carbonyl (C=O) groups excluding carboxylic acids is 1. The number of isocyanates is 1. The fraction of sp³-hybridized carbons (Fsp3) is 0.875. The van der Waals surface area contributed by atoms with Crippen molar-refractivity contribution in [3.8, 4) is 0 Å². The van der Waals surface area contributed by atoms with Gasteiger partial charge in [-0.15, -0.1) is 0 Å². The molecule has 0 spiro atoms. The number of unbranched alkanes of at least 4 members (excludes halogenated alkanes) is 1. The molecule has 0 aromatic rings. The van der Waals surface area contributed by atoms with E-state index in [0.29, 0.717) is 0 Å². The normalized spacial score (nSPS) is 10.7. The highest BCUT2D eigenvalue weighted by molar-refractivity contribution is 5.34. The van der Waals surface area contributed by atoms with Gasteiger partial charge in [0.05, 0.1) is 5.54 Å². The second-order valence-electron chi connectivity index (χ2n) is 3.12. The van der Waals surface area contributed by atoms with Gasteiger partial charge in [-0.3, -0.25) is 0 Å². The standard InChI is InChI=1S/C8H15NO/c1-4-5-6-8(2,3)9-7-10/h4-6H2,1-3H3. The third-order valence-electron chi connectivity index (χ3n) is 1.49. The maximum atomic E-state index is 9.89. The van der Waals surface area contributed by atoms with Crippen molar-refractivity contribution < 1.29 is 4.79 Å². The Balaban J connectivity index is 3.74. The molecule has 0 aliphatic rings. The molecule has 0 saturated carbocycles. The smallest absolute Gasteiger partial charge is 0.211 e. The third kappa shape index (κ3) is 4.28. The van der Waals surface area contributed by atoms with Crippen LogP contribution in [0.25, 0.3) is 0 Å². The number of rotatable bonds is 4. The molecule has 0 rings (SSSR count). The molecule has 0 saturated heterocycles. The molecule has 0 heterocycles. The molecule has 0 atom stereocenters. The molecule has 0 fully saturated rings. The number of hydrogen-bond donors (Lipinski definition) is 0. The van der Waals surface area contributed by atoms with Crippen molar-refractivity contribution in [1.82, 2.24) is 0 Å². The van der Waals surface area contributed by atoms with Crippen LogP contribution in [0.4, 0.5) is 0 Å². The summed E-state index contributed by atoms with van der Waals surface area (Å²) >= 11 is 0. The van der Waals surface area contributed by atoms with Gasteiger partial charge in [-0.05, 0) is 20.3 Å².